The summed E-state index contributed by atoms with van der Waals surface area (Å²) in [6.07, 6.45) is 0.553. The molecule has 1 atom stereocenters. The van der Waals surface area contributed by atoms with E-state index in [0.29, 0.717) is 17.5 Å². The normalized spacial score (nSPS) is 12.4. The number of hydrogen-bond donors (Lipinski definition) is 0. The molecule has 1 aromatic carbocycles. The molecule has 5 nitrogen and oxygen atoms in total. The molecule has 0 heterocycles. The topological polar surface area (TPSA) is 83.3 Å². The Morgan fingerprint density at radius 2 is 2.13 bits per heavy atom. The molecular weight excluding hydrogens is 218 g/mol. The fraction of sp³-hybridized carbons (Fsp3) is 0.333. The van der Waals surface area contributed by atoms with Crippen LogP contribution in [0.3, 0.4) is 0 Å². The average Bonchev–Trinajstić information content (AvgIpc) is 2.16. The maximum atomic E-state index is 10.7. The highest BCUT2D eigenvalue weighted by Gasteiger charge is 2.12. The quantitative estimate of drug-likeness (QED) is 0.444. The molecule has 0 radical (unpaired) electrons. The van der Waals surface area contributed by atoms with Crippen molar-refractivity contribution >= 4 is 16.8 Å². The molecule has 6 heteroatoms. The molecule has 0 saturated heterocycles. The van der Waals surface area contributed by atoms with Crippen molar-refractivity contribution in [1.82, 2.24) is 0 Å². The van der Waals surface area contributed by atoms with Gasteiger partial charge in [0.15, 0.2) is 0 Å². The number of hydrogen-bond acceptors (Lipinski definition) is 4. The Kier molecular flexibility index (Phi) is 3.93. The van der Waals surface area contributed by atoms with E-state index in [0.717, 1.165) is 0 Å². The van der Waals surface area contributed by atoms with E-state index in [1.54, 1.807) is 12.1 Å². The minimum Gasteiger partial charge on any atom is -0.772 e. The molecule has 0 N–H and O–H groups in total. The minimum atomic E-state index is -2.22. The zero-order valence-electron chi connectivity index (χ0n) is 8.13. The van der Waals surface area contributed by atoms with Gasteiger partial charge < -0.3 is 4.55 Å². The van der Waals surface area contributed by atoms with Crippen molar-refractivity contribution in [3.05, 3.63) is 39.4 Å². The number of rotatable bonds is 4. The molecule has 0 aromatic heterocycles. The molecule has 0 aliphatic carbocycles. The molecule has 0 bridgehead atoms. The van der Waals surface area contributed by atoms with Crippen LogP contribution in [0, 0.1) is 10.1 Å². The maximum Gasteiger partial charge on any atom is 0.272 e. The number of nitro groups is 1. The Bertz CT molecular complexity index is 405. The zero-order chi connectivity index (χ0) is 11.4. The molecule has 0 spiro atoms. The summed E-state index contributed by atoms with van der Waals surface area (Å²) in [7, 11) is 0. The van der Waals surface area contributed by atoms with Gasteiger partial charge >= 0.3 is 0 Å². The highest BCUT2D eigenvalue weighted by atomic mass is 32.2. The Hall–Kier alpha value is -1.27. The number of aryl methyl sites for hydroxylation is 1. The third-order valence-corrected chi connectivity index (χ3v) is 2.58. The molecule has 0 aliphatic heterocycles. The smallest absolute Gasteiger partial charge is 0.272 e. The summed E-state index contributed by atoms with van der Waals surface area (Å²) < 4.78 is 20.9. The molecular formula is C9H10NO4S-. The Labute approximate surface area is 89.6 Å². The Morgan fingerprint density at radius 3 is 2.60 bits per heavy atom. The predicted octanol–water partition coefficient (Wildman–Crippen LogP) is 1.54. The van der Waals surface area contributed by atoms with Crippen LogP contribution >= 0.6 is 0 Å². The first kappa shape index (κ1) is 11.8. The second-order valence-corrected chi connectivity index (χ2v) is 3.92. The fourth-order valence-corrected chi connectivity index (χ4v) is 1.76. The fourth-order valence-electron chi connectivity index (χ4n) is 1.30. The molecule has 82 valence electrons. The second-order valence-electron chi connectivity index (χ2n) is 3.02. The van der Waals surface area contributed by atoms with Gasteiger partial charge in [-0.15, -0.1) is 0 Å². The van der Waals surface area contributed by atoms with Gasteiger partial charge in [0.05, 0.1) is 4.92 Å². The summed E-state index contributed by atoms with van der Waals surface area (Å²) in [5.41, 5.74) is 1.04. The minimum absolute atomic E-state index is 0.0135. The van der Waals surface area contributed by atoms with Gasteiger partial charge in [-0.25, -0.2) is 0 Å². The lowest BCUT2D eigenvalue weighted by molar-refractivity contribution is -0.385. The lowest BCUT2D eigenvalue weighted by Gasteiger charge is -2.06. The summed E-state index contributed by atoms with van der Waals surface area (Å²) in [5, 5.41) is 10.7. The van der Waals surface area contributed by atoms with Gasteiger partial charge in [0, 0.05) is 17.4 Å². The van der Waals surface area contributed by atoms with E-state index in [1.165, 1.54) is 6.07 Å². The molecule has 0 aliphatic rings. The highest BCUT2D eigenvalue weighted by Crippen LogP contribution is 2.21. The first-order valence-electron chi connectivity index (χ1n) is 4.36. The van der Waals surface area contributed by atoms with Crippen LogP contribution in [0.25, 0.3) is 0 Å². The van der Waals surface area contributed by atoms with Gasteiger partial charge in [-0.05, 0) is 12.0 Å². The van der Waals surface area contributed by atoms with Gasteiger partial charge in [-0.3, -0.25) is 14.3 Å². The van der Waals surface area contributed by atoms with Crippen LogP contribution in [0.4, 0.5) is 5.69 Å². The van der Waals surface area contributed by atoms with Gasteiger partial charge in [0.25, 0.3) is 5.69 Å². The SMILES string of the molecule is CCc1ccc(CS(=O)[O-])cc1[N+](=O)[O-]. The lowest BCUT2D eigenvalue weighted by atomic mass is 10.1. The number of benzene rings is 1. The van der Waals surface area contributed by atoms with E-state index in [-0.39, 0.29) is 11.4 Å². The summed E-state index contributed by atoms with van der Waals surface area (Å²) >= 11 is -2.22. The molecule has 15 heavy (non-hydrogen) atoms. The number of nitrogens with zero attached hydrogens (tertiary/aromatic N) is 1. The van der Waals surface area contributed by atoms with E-state index in [4.69, 9.17) is 0 Å². The zero-order valence-corrected chi connectivity index (χ0v) is 8.95. The molecule has 0 saturated carbocycles. The van der Waals surface area contributed by atoms with Crippen LogP contribution in [0.15, 0.2) is 18.2 Å². The maximum absolute atomic E-state index is 10.7. The Balaban J connectivity index is 3.10. The second kappa shape index (κ2) is 4.99. The first-order chi connectivity index (χ1) is 7.04. The van der Waals surface area contributed by atoms with Crippen LogP contribution < -0.4 is 0 Å². The summed E-state index contributed by atoms with van der Waals surface area (Å²) in [4.78, 5) is 10.2. The van der Waals surface area contributed by atoms with Crippen molar-refractivity contribution in [2.75, 3.05) is 0 Å². The molecule has 0 fully saturated rings. The van der Waals surface area contributed by atoms with Gasteiger partial charge in [0.2, 0.25) is 0 Å². The Morgan fingerprint density at radius 1 is 1.47 bits per heavy atom. The standard InChI is InChI=1S/C9H11NO4S/c1-2-8-4-3-7(6-15(13)14)5-9(8)10(11)12/h3-5H,2,6H2,1H3,(H,13,14)/p-1. The molecule has 0 amide bonds. The van der Waals surface area contributed by atoms with E-state index >= 15 is 0 Å². The summed E-state index contributed by atoms with van der Waals surface area (Å²) in [5.74, 6) is -0.190. The molecule has 1 rings (SSSR count). The largest absolute Gasteiger partial charge is 0.772 e. The van der Waals surface area contributed by atoms with Gasteiger partial charge in [-0.2, -0.15) is 0 Å². The molecule has 1 aromatic rings. The van der Waals surface area contributed by atoms with E-state index in [2.05, 4.69) is 0 Å². The average molecular weight is 228 g/mol. The van der Waals surface area contributed by atoms with Crippen molar-refractivity contribution in [2.45, 2.75) is 19.1 Å². The van der Waals surface area contributed by atoms with Crippen molar-refractivity contribution in [2.24, 2.45) is 0 Å². The predicted molar refractivity (Wildman–Crippen MR) is 55.1 cm³/mol. The van der Waals surface area contributed by atoms with E-state index < -0.39 is 16.0 Å². The van der Waals surface area contributed by atoms with Crippen LogP contribution in [0.2, 0.25) is 0 Å². The van der Waals surface area contributed by atoms with Crippen molar-refractivity contribution in [1.29, 1.82) is 0 Å². The van der Waals surface area contributed by atoms with E-state index in [9.17, 15) is 18.9 Å². The summed E-state index contributed by atoms with van der Waals surface area (Å²) in [6, 6.07) is 4.51. The van der Waals surface area contributed by atoms with Crippen LogP contribution in [-0.4, -0.2) is 13.7 Å². The van der Waals surface area contributed by atoms with Crippen LogP contribution in [0.5, 0.6) is 0 Å². The van der Waals surface area contributed by atoms with Crippen molar-refractivity contribution < 1.29 is 13.7 Å². The molecule has 1 unspecified atom stereocenters. The van der Waals surface area contributed by atoms with Crippen molar-refractivity contribution in [3.63, 3.8) is 0 Å². The lowest BCUT2D eigenvalue weighted by Crippen LogP contribution is -1.98. The van der Waals surface area contributed by atoms with Gasteiger partial charge in [-0.1, -0.05) is 30.1 Å². The van der Waals surface area contributed by atoms with E-state index in [1.807, 2.05) is 6.92 Å². The van der Waals surface area contributed by atoms with Gasteiger partial charge in [0.1, 0.15) is 0 Å². The highest BCUT2D eigenvalue weighted by molar-refractivity contribution is 7.78. The van der Waals surface area contributed by atoms with Crippen molar-refractivity contribution in [3.8, 4) is 0 Å². The number of nitro benzene ring substituents is 1. The third-order valence-electron chi connectivity index (χ3n) is 2.01. The van der Waals surface area contributed by atoms with Crippen LogP contribution in [0.1, 0.15) is 18.1 Å². The van der Waals surface area contributed by atoms with Crippen LogP contribution in [-0.2, 0) is 23.3 Å². The summed E-state index contributed by atoms with van der Waals surface area (Å²) in [6.45, 7) is 1.81. The monoisotopic (exact) mass is 228 g/mol. The third kappa shape index (κ3) is 3.10. The first-order valence-corrected chi connectivity index (χ1v) is 5.61.